The summed E-state index contributed by atoms with van der Waals surface area (Å²) in [6.07, 6.45) is 1.60. The van der Waals surface area contributed by atoms with Gasteiger partial charge in [0, 0.05) is 4.88 Å². The van der Waals surface area contributed by atoms with Crippen molar-refractivity contribution in [1.82, 2.24) is 9.97 Å². The summed E-state index contributed by atoms with van der Waals surface area (Å²) in [7, 11) is 0. The Kier molecular flexibility index (Phi) is 3.11. The molecule has 1 N–H and O–H groups in total. The van der Waals surface area contributed by atoms with Gasteiger partial charge in [-0.2, -0.15) is 0 Å². The van der Waals surface area contributed by atoms with Gasteiger partial charge in [0.15, 0.2) is 11.5 Å². The third-order valence-electron chi connectivity index (χ3n) is 3.70. The van der Waals surface area contributed by atoms with Crippen molar-refractivity contribution in [3.8, 4) is 11.5 Å². The van der Waals surface area contributed by atoms with E-state index in [1.165, 1.54) is 4.88 Å². The van der Waals surface area contributed by atoms with Gasteiger partial charge in [0.05, 0.1) is 11.4 Å². The lowest BCUT2D eigenvalue weighted by molar-refractivity contribution is 0.174. The zero-order chi connectivity index (χ0) is 15.1. The summed E-state index contributed by atoms with van der Waals surface area (Å²) in [5.41, 5.74) is 1.13. The maximum absolute atomic E-state index is 5.44. The molecule has 3 aromatic rings. The summed E-state index contributed by atoms with van der Waals surface area (Å²) < 4.78 is 10.8. The number of nitrogens with one attached hydrogen (secondary N) is 1. The molecular formula is C16H15N3O2S. The molecule has 0 aliphatic carbocycles. The van der Waals surface area contributed by atoms with E-state index in [-0.39, 0.29) is 6.04 Å². The number of aryl methyl sites for hydroxylation is 1. The Morgan fingerprint density at radius 2 is 2.05 bits per heavy atom. The average Bonchev–Trinajstić information content (AvgIpc) is 3.12. The first kappa shape index (κ1) is 13.3. The quantitative estimate of drug-likeness (QED) is 0.794. The number of hydrogen-bond acceptors (Lipinski definition) is 6. The van der Waals surface area contributed by atoms with Gasteiger partial charge in [-0.1, -0.05) is 6.07 Å². The third-order valence-corrected chi connectivity index (χ3v) is 4.66. The summed E-state index contributed by atoms with van der Waals surface area (Å²) in [5, 5.41) is 4.53. The van der Waals surface area contributed by atoms with Crippen molar-refractivity contribution in [3.05, 3.63) is 41.0 Å². The van der Waals surface area contributed by atoms with Crippen LogP contribution in [0.2, 0.25) is 0 Å². The molecule has 5 nitrogen and oxygen atoms in total. The van der Waals surface area contributed by atoms with Crippen LogP contribution < -0.4 is 14.8 Å². The molecule has 0 saturated carbocycles. The maximum atomic E-state index is 5.44. The molecule has 0 bridgehead atoms. The monoisotopic (exact) mass is 313 g/mol. The van der Waals surface area contributed by atoms with Gasteiger partial charge in [0.1, 0.15) is 17.0 Å². The molecule has 1 aromatic carbocycles. The van der Waals surface area contributed by atoms with E-state index < -0.39 is 0 Å². The zero-order valence-electron chi connectivity index (χ0n) is 12.3. The van der Waals surface area contributed by atoms with Crippen molar-refractivity contribution < 1.29 is 9.47 Å². The Morgan fingerprint density at radius 3 is 2.95 bits per heavy atom. The zero-order valence-corrected chi connectivity index (χ0v) is 13.1. The van der Waals surface area contributed by atoms with Gasteiger partial charge in [-0.3, -0.25) is 0 Å². The van der Waals surface area contributed by atoms with E-state index in [9.17, 15) is 0 Å². The van der Waals surface area contributed by atoms with Gasteiger partial charge in [-0.15, -0.1) is 11.3 Å². The molecule has 0 saturated heterocycles. The summed E-state index contributed by atoms with van der Waals surface area (Å²) in [6.45, 7) is 4.48. The van der Waals surface area contributed by atoms with E-state index >= 15 is 0 Å². The minimum atomic E-state index is 0.104. The minimum Gasteiger partial charge on any atom is -0.454 e. The van der Waals surface area contributed by atoms with Crippen LogP contribution in [0.15, 0.2) is 30.6 Å². The largest absolute Gasteiger partial charge is 0.454 e. The first-order valence-corrected chi connectivity index (χ1v) is 7.89. The van der Waals surface area contributed by atoms with E-state index in [0.717, 1.165) is 33.1 Å². The fourth-order valence-electron chi connectivity index (χ4n) is 2.56. The van der Waals surface area contributed by atoms with Gasteiger partial charge in [0.25, 0.3) is 0 Å². The van der Waals surface area contributed by atoms with Gasteiger partial charge in [0.2, 0.25) is 6.79 Å². The van der Waals surface area contributed by atoms with Crippen LogP contribution in [0.3, 0.4) is 0 Å². The Bertz CT molecular complexity index is 847. The topological polar surface area (TPSA) is 56.3 Å². The second-order valence-electron chi connectivity index (χ2n) is 5.28. The summed E-state index contributed by atoms with van der Waals surface area (Å²) in [6, 6.07) is 8.22. The van der Waals surface area contributed by atoms with Crippen LogP contribution in [0.5, 0.6) is 11.5 Å². The highest BCUT2D eigenvalue weighted by Gasteiger charge is 2.16. The van der Waals surface area contributed by atoms with Crippen LogP contribution in [0.4, 0.5) is 5.82 Å². The first-order valence-electron chi connectivity index (χ1n) is 7.08. The number of ether oxygens (including phenoxy) is 2. The smallest absolute Gasteiger partial charge is 0.231 e. The molecule has 2 aromatic heterocycles. The summed E-state index contributed by atoms with van der Waals surface area (Å²) >= 11 is 1.68. The standard InChI is InChI=1S/C16H15N3O2S/c1-9-5-12-15(17-7-18-16(12)22-9)19-10(2)11-3-4-13-14(6-11)21-8-20-13/h3-7,10H,8H2,1-2H3,(H,17,18,19). The highest BCUT2D eigenvalue weighted by molar-refractivity contribution is 7.18. The summed E-state index contributed by atoms with van der Waals surface area (Å²) in [4.78, 5) is 10.9. The molecule has 0 amide bonds. The number of benzene rings is 1. The second kappa shape index (κ2) is 5.14. The van der Waals surface area contributed by atoms with Crippen LogP contribution in [-0.4, -0.2) is 16.8 Å². The molecule has 0 fully saturated rings. The number of hydrogen-bond donors (Lipinski definition) is 1. The van der Waals surface area contributed by atoms with Crippen LogP contribution in [0.1, 0.15) is 23.4 Å². The lowest BCUT2D eigenvalue weighted by atomic mass is 10.1. The number of rotatable bonds is 3. The number of anilines is 1. The Balaban J connectivity index is 1.64. The SMILES string of the molecule is Cc1cc2c(NC(C)c3ccc4c(c3)OCO4)ncnc2s1. The maximum Gasteiger partial charge on any atom is 0.231 e. The molecular weight excluding hydrogens is 298 g/mol. The number of fused-ring (bicyclic) bond motifs is 2. The van der Waals surface area contributed by atoms with Crippen LogP contribution in [0.25, 0.3) is 10.2 Å². The van der Waals surface area contributed by atoms with Gasteiger partial charge in [-0.25, -0.2) is 9.97 Å². The highest BCUT2D eigenvalue weighted by atomic mass is 32.1. The molecule has 22 heavy (non-hydrogen) atoms. The van der Waals surface area contributed by atoms with E-state index in [1.54, 1.807) is 17.7 Å². The Hall–Kier alpha value is -2.34. The van der Waals surface area contributed by atoms with Crippen LogP contribution in [0, 0.1) is 6.92 Å². The average molecular weight is 313 g/mol. The fourth-order valence-corrected chi connectivity index (χ4v) is 3.41. The Morgan fingerprint density at radius 1 is 1.18 bits per heavy atom. The van der Waals surface area contributed by atoms with E-state index in [4.69, 9.17) is 9.47 Å². The van der Waals surface area contributed by atoms with Crippen molar-refractivity contribution in [1.29, 1.82) is 0 Å². The Labute approximate surface area is 131 Å². The predicted molar refractivity (Wildman–Crippen MR) is 86.8 cm³/mol. The molecule has 1 atom stereocenters. The predicted octanol–water partition coefficient (Wildman–Crippen LogP) is 3.90. The highest BCUT2D eigenvalue weighted by Crippen LogP contribution is 2.35. The van der Waals surface area contributed by atoms with Crippen molar-refractivity contribution >= 4 is 27.4 Å². The van der Waals surface area contributed by atoms with Gasteiger partial charge >= 0.3 is 0 Å². The normalized spacial score (nSPS) is 14.3. The molecule has 112 valence electrons. The summed E-state index contributed by atoms with van der Waals surface area (Å²) in [5.74, 6) is 2.46. The third kappa shape index (κ3) is 2.25. The second-order valence-corrected chi connectivity index (χ2v) is 6.51. The van der Waals surface area contributed by atoms with E-state index in [2.05, 4.69) is 35.2 Å². The number of aromatic nitrogens is 2. The molecule has 0 radical (unpaired) electrons. The molecule has 1 unspecified atom stereocenters. The molecule has 0 spiro atoms. The van der Waals surface area contributed by atoms with Crippen molar-refractivity contribution in [2.24, 2.45) is 0 Å². The van der Waals surface area contributed by atoms with Gasteiger partial charge < -0.3 is 14.8 Å². The number of nitrogens with zero attached hydrogens (tertiary/aromatic N) is 2. The molecule has 1 aliphatic rings. The van der Waals surface area contributed by atoms with Crippen molar-refractivity contribution in [3.63, 3.8) is 0 Å². The van der Waals surface area contributed by atoms with Crippen LogP contribution in [-0.2, 0) is 0 Å². The lowest BCUT2D eigenvalue weighted by Crippen LogP contribution is -2.08. The van der Waals surface area contributed by atoms with Crippen molar-refractivity contribution in [2.45, 2.75) is 19.9 Å². The molecule has 6 heteroatoms. The van der Waals surface area contributed by atoms with E-state index in [0.29, 0.717) is 6.79 Å². The fraction of sp³-hybridized carbons (Fsp3) is 0.250. The minimum absolute atomic E-state index is 0.104. The first-order chi connectivity index (χ1) is 10.7. The molecule has 4 rings (SSSR count). The lowest BCUT2D eigenvalue weighted by Gasteiger charge is -2.15. The molecule has 3 heterocycles. The number of thiophene rings is 1. The van der Waals surface area contributed by atoms with Crippen LogP contribution >= 0.6 is 11.3 Å². The van der Waals surface area contributed by atoms with Gasteiger partial charge in [-0.05, 0) is 37.6 Å². The molecule has 1 aliphatic heterocycles. The van der Waals surface area contributed by atoms with Crippen molar-refractivity contribution in [2.75, 3.05) is 12.1 Å². The van der Waals surface area contributed by atoms with E-state index in [1.807, 2.05) is 18.2 Å².